The maximum absolute atomic E-state index is 13.4. The molecule has 152 valence electrons. The molecule has 1 unspecified atom stereocenters. The smallest absolute Gasteiger partial charge is 0.123 e. The summed E-state index contributed by atoms with van der Waals surface area (Å²) >= 11 is 0. The zero-order valence-corrected chi connectivity index (χ0v) is 16.2. The summed E-state index contributed by atoms with van der Waals surface area (Å²) in [5.41, 5.74) is 1.97. The van der Waals surface area contributed by atoms with Gasteiger partial charge in [-0.1, -0.05) is 24.3 Å². The molecule has 0 aliphatic carbocycles. The number of hydrogen-bond donors (Lipinski definition) is 1. The molecule has 0 bridgehead atoms. The van der Waals surface area contributed by atoms with Gasteiger partial charge in [0.25, 0.3) is 0 Å². The van der Waals surface area contributed by atoms with Crippen molar-refractivity contribution in [2.24, 2.45) is 0 Å². The molecule has 1 saturated heterocycles. The third-order valence-electron chi connectivity index (χ3n) is 5.13. The van der Waals surface area contributed by atoms with E-state index in [1.54, 1.807) is 24.3 Å². The highest BCUT2D eigenvalue weighted by atomic mass is 19.1. The van der Waals surface area contributed by atoms with E-state index in [2.05, 4.69) is 9.80 Å². The van der Waals surface area contributed by atoms with E-state index in [-0.39, 0.29) is 17.7 Å². The average molecular weight is 390 g/mol. The first-order valence-corrected chi connectivity index (χ1v) is 9.80. The number of hydrogen-bond acceptors (Lipinski definition) is 4. The van der Waals surface area contributed by atoms with Crippen LogP contribution in [0.1, 0.15) is 24.1 Å². The number of benzene rings is 2. The second-order valence-corrected chi connectivity index (χ2v) is 7.16. The minimum Gasteiger partial charge on any atom is -0.389 e. The number of aliphatic hydroxyl groups is 1. The number of piperazine rings is 1. The van der Waals surface area contributed by atoms with Crippen molar-refractivity contribution in [1.29, 1.82) is 0 Å². The number of nitrogens with zero attached hydrogens (tertiary/aromatic N) is 2. The van der Waals surface area contributed by atoms with E-state index in [1.165, 1.54) is 24.3 Å². The molecule has 0 amide bonds. The zero-order valence-electron chi connectivity index (χ0n) is 16.2. The Hall–Kier alpha value is -1.86. The van der Waals surface area contributed by atoms with Crippen molar-refractivity contribution in [3.05, 3.63) is 71.3 Å². The predicted octanol–water partition coefficient (Wildman–Crippen LogP) is 3.07. The highest BCUT2D eigenvalue weighted by Crippen LogP contribution is 2.30. The first kappa shape index (κ1) is 20.9. The maximum atomic E-state index is 13.4. The summed E-state index contributed by atoms with van der Waals surface area (Å²) in [5, 5.41) is 10.1. The third-order valence-corrected chi connectivity index (χ3v) is 5.13. The number of ether oxygens (including phenoxy) is 1. The van der Waals surface area contributed by atoms with Gasteiger partial charge in [-0.25, -0.2) is 8.78 Å². The number of rotatable bonds is 8. The van der Waals surface area contributed by atoms with Crippen molar-refractivity contribution >= 4 is 0 Å². The highest BCUT2D eigenvalue weighted by molar-refractivity contribution is 5.32. The standard InChI is InChI=1S/C22H28F2N2O2/c1-2-28-16-21(27)15-25-11-13-26(14-12-25)22(17-3-7-19(23)8-4-17)18-5-9-20(24)10-6-18/h3-10,21-22,27H,2,11-16H2,1H3. The Morgan fingerprint density at radius 2 is 1.39 bits per heavy atom. The van der Waals surface area contributed by atoms with Crippen LogP contribution < -0.4 is 0 Å². The molecular formula is C22H28F2N2O2. The summed E-state index contributed by atoms with van der Waals surface area (Å²) in [6, 6.07) is 13.0. The number of β-amino-alcohol motifs (C(OH)–C–C–N with tert-alkyl or cyclic N) is 1. The normalized spacial score (nSPS) is 17.2. The monoisotopic (exact) mass is 390 g/mol. The average Bonchev–Trinajstić information content (AvgIpc) is 2.71. The van der Waals surface area contributed by atoms with E-state index in [9.17, 15) is 13.9 Å². The molecule has 1 fully saturated rings. The molecule has 1 aliphatic rings. The van der Waals surface area contributed by atoms with Crippen LogP contribution in [-0.2, 0) is 4.74 Å². The van der Waals surface area contributed by atoms with Crippen LogP contribution in [-0.4, -0.2) is 66.9 Å². The fourth-order valence-electron chi connectivity index (χ4n) is 3.71. The Kier molecular flexibility index (Phi) is 7.50. The van der Waals surface area contributed by atoms with Crippen LogP contribution in [0.4, 0.5) is 8.78 Å². The van der Waals surface area contributed by atoms with Gasteiger partial charge in [0, 0.05) is 39.3 Å². The van der Waals surface area contributed by atoms with E-state index in [4.69, 9.17) is 4.74 Å². The Balaban J connectivity index is 1.70. The molecule has 1 atom stereocenters. The van der Waals surface area contributed by atoms with Crippen LogP contribution in [0, 0.1) is 11.6 Å². The topological polar surface area (TPSA) is 35.9 Å². The van der Waals surface area contributed by atoms with Crippen LogP contribution in [0.2, 0.25) is 0 Å². The molecule has 0 aromatic heterocycles. The van der Waals surface area contributed by atoms with Crippen LogP contribution in [0.5, 0.6) is 0 Å². The van der Waals surface area contributed by atoms with Crippen LogP contribution in [0.25, 0.3) is 0 Å². The van der Waals surface area contributed by atoms with Crippen LogP contribution in [0.3, 0.4) is 0 Å². The summed E-state index contributed by atoms with van der Waals surface area (Å²) < 4.78 is 32.1. The van der Waals surface area contributed by atoms with Crippen LogP contribution >= 0.6 is 0 Å². The van der Waals surface area contributed by atoms with Gasteiger partial charge in [0.15, 0.2) is 0 Å². The van der Waals surface area contributed by atoms with Crippen molar-refractivity contribution in [3.8, 4) is 0 Å². The lowest BCUT2D eigenvalue weighted by atomic mass is 9.96. The second kappa shape index (κ2) is 10.1. The Morgan fingerprint density at radius 1 is 0.893 bits per heavy atom. The highest BCUT2D eigenvalue weighted by Gasteiger charge is 2.27. The van der Waals surface area contributed by atoms with E-state index in [0.29, 0.717) is 19.8 Å². The molecule has 1 N–H and O–H groups in total. The summed E-state index contributed by atoms with van der Waals surface area (Å²) in [5.74, 6) is -0.538. The van der Waals surface area contributed by atoms with Gasteiger partial charge < -0.3 is 9.84 Å². The molecule has 3 rings (SSSR count). The fraction of sp³-hybridized carbons (Fsp3) is 0.455. The van der Waals surface area contributed by atoms with Gasteiger partial charge in [-0.15, -0.1) is 0 Å². The van der Waals surface area contributed by atoms with E-state index < -0.39 is 6.10 Å². The quantitative estimate of drug-likeness (QED) is 0.752. The molecule has 1 aliphatic heterocycles. The van der Waals surface area contributed by atoms with Gasteiger partial charge in [0.2, 0.25) is 0 Å². The molecule has 0 radical (unpaired) electrons. The van der Waals surface area contributed by atoms with Crippen molar-refractivity contribution in [3.63, 3.8) is 0 Å². The molecular weight excluding hydrogens is 362 g/mol. The Bertz CT molecular complexity index is 671. The molecule has 4 nitrogen and oxygen atoms in total. The lowest BCUT2D eigenvalue weighted by molar-refractivity contribution is 0.00813. The van der Waals surface area contributed by atoms with E-state index in [1.807, 2.05) is 6.92 Å². The van der Waals surface area contributed by atoms with Gasteiger partial charge in [-0.05, 0) is 42.3 Å². The molecule has 2 aromatic rings. The summed E-state index contributed by atoms with van der Waals surface area (Å²) in [7, 11) is 0. The van der Waals surface area contributed by atoms with Gasteiger partial charge in [0.05, 0.1) is 18.8 Å². The second-order valence-electron chi connectivity index (χ2n) is 7.16. The first-order valence-electron chi connectivity index (χ1n) is 9.80. The molecule has 2 aromatic carbocycles. The number of aliphatic hydroxyl groups excluding tert-OH is 1. The van der Waals surface area contributed by atoms with Gasteiger partial charge in [0.1, 0.15) is 11.6 Å². The van der Waals surface area contributed by atoms with E-state index >= 15 is 0 Å². The summed E-state index contributed by atoms with van der Waals surface area (Å²) in [6.45, 7) is 6.71. The Morgan fingerprint density at radius 3 is 1.86 bits per heavy atom. The SMILES string of the molecule is CCOCC(O)CN1CCN(C(c2ccc(F)cc2)c2ccc(F)cc2)CC1. The fourth-order valence-corrected chi connectivity index (χ4v) is 3.71. The molecule has 1 heterocycles. The maximum Gasteiger partial charge on any atom is 0.123 e. The first-order chi connectivity index (χ1) is 13.6. The van der Waals surface area contributed by atoms with Gasteiger partial charge in [-0.3, -0.25) is 9.80 Å². The minimum absolute atomic E-state index is 0.0586. The van der Waals surface area contributed by atoms with Gasteiger partial charge in [-0.2, -0.15) is 0 Å². The molecule has 6 heteroatoms. The van der Waals surface area contributed by atoms with Gasteiger partial charge >= 0.3 is 0 Å². The van der Waals surface area contributed by atoms with Crippen LogP contribution in [0.15, 0.2) is 48.5 Å². The zero-order chi connectivity index (χ0) is 19.9. The minimum atomic E-state index is -0.489. The lowest BCUT2D eigenvalue weighted by Gasteiger charge is -2.40. The molecule has 28 heavy (non-hydrogen) atoms. The van der Waals surface area contributed by atoms with Crippen molar-refractivity contribution in [1.82, 2.24) is 9.80 Å². The third kappa shape index (κ3) is 5.58. The Labute approximate surface area is 165 Å². The summed E-state index contributed by atoms with van der Waals surface area (Å²) in [4.78, 5) is 4.55. The van der Waals surface area contributed by atoms with Crippen molar-refractivity contribution in [2.75, 3.05) is 45.9 Å². The molecule has 0 spiro atoms. The largest absolute Gasteiger partial charge is 0.389 e. The van der Waals surface area contributed by atoms with Crippen molar-refractivity contribution in [2.45, 2.75) is 19.1 Å². The van der Waals surface area contributed by atoms with Crippen molar-refractivity contribution < 1.29 is 18.6 Å². The van der Waals surface area contributed by atoms with E-state index in [0.717, 1.165) is 37.3 Å². The predicted molar refractivity (Wildman–Crippen MR) is 105 cm³/mol. The summed E-state index contributed by atoms with van der Waals surface area (Å²) in [6.07, 6.45) is -0.489. The number of halogens is 2. The lowest BCUT2D eigenvalue weighted by Crippen LogP contribution is -2.50. The molecule has 0 saturated carbocycles.